The molecule has 1 amide bonds. The summed E-state index contributed by atoms with van der Waals surface area (Å²) in [6, 6.07) is 11.2. The number of para-hydroxylation sites is 1. The molecular formula is C19H20ClFN2O3. The van der Waals surface area contributed by atoms with Crippen LogP contribution >= 0.6 is 11.6 Å². The van der Waals surface area contributed by atoms with Crippen LogP contribution in [-0.4, -0.2) is 31.8 Å². The predicted molar refractivity (Wildman–Crippen MR) is 99.4 cm³/mol. The molecule has 1 unspecified atom stereocenters. The smallest absolute Gasteiger partial charge is 0.243 e. The summed E-state index contributed by atoms with van der Waals surface area (Å²) in [5.74, 6) is -0.270. The molecule has 0 radical (unpaired) electrons. The molecule has 138 valence electrons. The van der Waals surface area contributed by atoms with Gasteiger partial charge in [0.15, 0.2) is 0 Å². The first kappa shape index (κ1) is 18.5. The maximum absolute atomic E-state index is 13.6. The Kier molecular flexibility index (Phi) is 6.30. The van der Waals surface area contributed by atoms with Crippen molar-refractivity contribution in [2.24, 2.45) is 0 Å². The molecule has 2 aromatic carbocycles. The second-order valence-corrected chi connectivity index (χ2v) is 6.40. The van der Waals surface area contributed by atoms with Crippen LogP contribution in [0.15, 0.2) is 42.5 Å². The van der Waals surface area contributed by atoms with Crippen LogP contribution in [0.2, 0.25) is 5.02 Å². The molecule has 1 aliphatic heterocycles. The lowest BCUT2D eigenvalue weighted by Gasteiger charge is -2.16. The Morgan fingerprint density at radius 1 is 1.27 bits per heavy atom. The maximum Gasteiger partial charge on any atom is 0.243 e. The number of nitrogens with one attached hydrogen (secondary N) is 2. The number of benzene rings is 2. The van der Waals surface area contributed by atoms with E-state index in [9.17, 15) is 9.18 Å². The predicted octanol–water partition coefficient (Wildman–Crippen LogP) is 4.09. The summed E-state index contributed by atoms with van der Waals surface area (Å²) in [6.07, 6.45) is 2.10. The Bertz CT molecular complexity index is 766. The van der Waals surface area contributed by atoms with E-state index in [2.05, 4.69) is 10.6 Å². The maximum atomic E-state index is 13.6. The lowest BCUT2D eigenvalue weighted by molar-refractivity contribution is -0.114. The molecule has 1 heterocycles. The molecule has 1 fully saturated rings. The minimum atomic E-state index is -0.482. The van der Waals surface area contributed by atoms with Gasteiger partial charge in [0.2, 0.25) is 5.91 Å². The topological polar surface area (TPSA) is 59.6 Å². The third kappa shape index (κ3) is 5.09. The largest absolute Gasteiger partial charge is 0.489 e. The van der Waals surface area contributed by atoms with E-state index in [4.69, 9.17) is 21.1 Å². The summed E-state index contributed by atoms with van der Waals surface area (Å²) in [5, 5.41) is 6.03. The normalized spacial score (nSPS) is 16.3. The molecule has 2 aromatic rings. The van der Waals surface area contributed by atoms with Crippen molar-refractivity contribution in [2.45, 2.75) is 18.9 Å². The second kappa shape index (κ2) is 8.87. The molecule has 3 rings (SSSR count). The van der Waals surface area contributed by atoms with Crippen LogP contribution < -0.4 is 15.4 Å². The van der Waals surface area contributed by atoms with Crippen molar-refractivity contribution in [3.05, 3.63) is 53.3 Å². The molecular weight excluding hydrogens is 359 g/mol. The van der Waals surface area contributed by atoms with Gasteiger partial charge in [0.05, 0.1) is 24.0 Å². The Morgan fingerprint density at radius 3 is 2.88 bits per heavy atom. The average Bonchev–Trinajstić information content (AvgIpc) is 3.15. The Hall–Kier alpha value is -2.31. The number of ether oxygens (including phenoxy) is 2. The quantitative estimate of drug-likeness (QED) is 0.762. The summed E-state index contributed by atoms with van der Waals surface area (Å²) in [5.41, 5.74) is 0.736. The van der Waals surface area contributed by atoms with Crippen LogP contribution in [0, 0.1) is 5.82 Å². The number of halogens is 2. The fourth-order valence-electron chi connectivity index (χ4n) is 2.66. The van der Waals surface area contributed by atoms with Crippen LogP contribution in [0.3, 0.4) is 0 Å². The van der Waals surface area contributed by atoms with Gasteiger partial charge in [-0.2, -0.15) is 0 Å². The number of hydrogen-bond acceptors (Lipinski definition) is 4. The Labute approximate surface area is 156 Å². The monoisotopic (exact) mass is 378 g/mol. The molecule has 2 N–H and O–H groups in total. The first-order valence-corrected chi connectivity index (χ1v) is 8.82. The van der Waals surface area contributed by atoms with E-state index < -0.39 is 5.82 Å². The minimum absolute atomic E-state index is 0.0506. The number of rotatable bonds is 7. The van der Waals surface area contributed by atoms with Crippen molar-refractivity contribution >= 4 is 28.9 Å². The summed E-state index contributed by atoms with van der Waals surface area (Å²) < 4.78 is 24.9. The van der Waals surface area contributed by atoms with Gasteiger partial charge in [-0.25, -0.2) is 4.39 Å². The first-order chi connectivity index (χ1) is 12.6. The van der Waals surface area contributed by atoms with Crippen LogP contribution in [0.5, 0.6) is 5.75 Å². The van der Waals surface area contributed by atoms with Gasteiger partial charge in [-0.15, -0.1) is 0 Å². The molecule has 26 heavy (non-hydrogen) atoms. The number of amides is 1. The van der Waals surface area contributed by atoms with Crippen molar-refractivity contribution in [2.75, 3.05) is 30.4 Å². The van der Waals surface area contributed by atoms with Crippen LogP contribution in [0.4, 0.5) is 15.8 Å². The fourth-order valence-corrected chi connectivity index (χ4v) is 2.83. The standard InChI is InChI=1S/C19H20ClFN2O3/c20-13-7-8-18(26-12-14-4-3-9-25-14)17(10-13)22-11-19(24)23-16-6-2-1-5-15(16)21/h1-2,5-8,10,14,22H,3-4,9,11-12H2,(H,23,24). The number of anilines is 2. The van der Waals surface area contributed by atoms with Gasteiger partial charge in [0, 0.05) is 11.6 Å². The summed E-state index contributed by atoms with van der Waals surface area (Å²) >= 11 is 6.04. The van der Waals surface area contributed by atoms with Crippen molar-refractivity contribution in [1.82, 2.24) is 0 Å². The van der Waals surface area contributed by atoms with Gasteiger partial charge in [0.1, 0.15) is 18.2 Å². The van der Waals surface area contributed by atoms with Crippen LogP contribution in [0.1, 0.15) is 12.8 Å². The molecule has 5 nitrogen and oxygen atoms in total. The zero-order valence-corrected chi connectivity index (χ0v) is 14.9. The van der Waals surface area contributed by atoms with Gasteiger partial charge in [-0.05, 0) is 43.2 Å². The van der Waals surface area contributed by atoms with Gasteiger partial charge >= 0.3 is 0 Å². The minimum Gasteiger partial charge on any atom is -0.489 e. The lowest BCUT2D eigenvalue weighted by atomic mass is 10.2. The van der Waals surface area contributed by atoms with Crippen molar-refractivity contribution in [3.8, 4) is 5.75 Å². The van der Waals surface area contributed by atoms with E-state index in [0.29, 0.717) is 23.1 Å². The van der Waals surface area contributed by atoms with E-state index in [1.54, 1.807) is 30.3 Å². The number of carbonyl (C=O) groups excluding carboxylic acids is 1. The lowest BCUT2D eigenvalue weighted by Crippen LogP contribution is -2.23. The molecule has 0 aliphatic carbocycles. The summed E-state index contributed by atoms with van der Waals surface area (Å²) in [4.78, 5) is 12.1. The fraction of sp³-hybridized carbons (Fsp3) is 0.316. The van der Waals surface area contributed by atoms with E-state index >= 15 is 0 Å². The number of carbonyl (C=O) groups is 1. The van der Waals surface area contributed by atoms with Gasteiger partial charge in [-0.1, -0.05) is 23.7 Å². The Balaban J connectivity index is 1.58. The molecule has 0 saturated carbocycles. The van der Waals surface area contributed by atoms with Crippen LogP contribution in [0.25, 0.3) is 0 Å². The molecule has 1 aliphatic rings. The van der Waals surface area contributed by atoms with E-state index in [-0.39, 0.29) is 24.2 Å². The Morgan fingerprint density at radius 2 is 2.12 bits per heavy atom. The molecule has 0 aromatic heterocycles. The van der Waals surface area contributed by atoms with Crippen LogP contribution in [-0.2, 0) is 9.53 Å². The highest BCUT2D eigenvalue weighted by molar-refractivity contribution is 6.30. The van der Waals surface area contributed by atoms with Crippen molar-refractivity contribution in [1.29, 1.82) is 0 Å². The molecule has 0 spiro atoms. The van der Waals surface area contributed by atoms with Crippen molar-refractivity contribution in [3.63, 3.8) is 0 Å². The van der Waals surface area contributed by atoms with E-state index in [0.717, 1.165) is 19.4 Å². The van der Waals surface area contributed by atoms with Gasteiger partial charge in [-0.3, -0.25) is 4.79 Å². The highest BCUT2D eigenvalue weighted by Gasteiger charge is 2.17. The SMILES string of the molecule is O=C(CNc1cc(Cl)ccc1OCC1CCCO1)Nc1ccccc1F. The summed E-state index contributed by atoms with van der Waals surface area (Å²) in [7, 11) is 0. The second-order valence-electron chi connectivity index (χ2n) is 5.97. The zero-order valence-electron chi connectivity index (χ0n) is 14.1. The molecule has 1 atom stereocenters. The third-order valence-corrected chi connectivity index (χ3v) is 4.21. The van der Waals surface area contributed by atoms with Crippen molar-refractivity contribution < 1.29 is 18.7 Å². The molecule has 0 bridgehead atoms. The highest BCUT2D eigenvalue weighted by Crippen LogP contribution is 2.28. The van der Waals surface area contributed by atoms with E-state index in [1.165, 1.54) is 12.1 Å². The molecule has 1 saturated heterocycles. The highest BCUT2D eigenvalue weighted by atomic mass is 35.5. The number of hydrogen-bond donors (Lipinski definition) is 2. The molecule has 7 heteroatoms. The summed E-state index contributed by atoms with van der Waals surface area (Å²) in [6.45, 7) is 1.15. The first-order valence-electron chi connectivity index (χ1n) is 8.44. The van der Waals surface area contributed by atoms with Gasteiger partial charge in [0.25, 0.3) is 0 Å². The zero-order chi connectivity index (χ0) is 18.4. The average molecular weight is 379 g/mol. The van der Waals surface area contributed by atoms with Gasteiger partial charge < -0.3 is 20.1 Å². The van der Waals surface area contributed by atoms with E-state index in [1.807, 2.05) is 0 Å². The third-order valence-electron chi connectivity index (χ3n) is 3.98.